The van der Waals surface area contributed by atoms with Crippen LogP contribution in [0.3, 0.4) is 0 Å². The number of amides is 1. The van der Waals surface area contributed by atoms with Crippen molar-refractivity contribution in [2.24, 2.45) is 0 Å². The fourth-order valence-electron chi connectivity index (χ4n) is 3.48. The predicted octanol–water partition coefficient (Wildman–Crippen LogP) is 4.38. The van der Waals surface area contributed by atoms with E-state index in [1.54, 1.807) is 6.20 Å². The SMILES string of the molecule is CC(CC(=O)NC1CCN(c2ccccn2)CC1)c1ccc(C(F)(F)F)cc1. The molecular formula is C21H24F3N3O. The van der Waals surface area contributed by atoms with Gasteiger partial charge in [0.1, 0.15) is 5.82 Å². The van der Waals surface area contributed by atoms with Crippen LogP contribution in [-0.4, -0.2) is 30.0 Å². The maximum Gasteiger partial charge on any atom is 0.416 e. The second-order valence-electron chi connectivity index (χ2n) is 7.24. The highest BCUT2D eigenvalue weighted by atomic mass is 19.4. The van der Waals surface area contributed by atoms with Crippen molar-refractivity contribution in [3.8, 4) is 0 Å². The van der Waals surface area contributed by atoms with Crippen LogP contribution in [0.15, 0.2) is 48.7 Å². The molecule has 1 amide bonds. The number of anilines is 1. The first kappa shape index (κ1) is 20.2. The molecule has 1 aliphatic heterocycles. The molecule has 0 bridgehead atoms. The zero-order valence-electron chi connectivity index (χ0n) is 15.7. The summed E-state index contributed by atoms with van der Waals surface area (Å²) in [7, 11) is 0. The third-order valence-corrected chi connectivity index (χ3v) is 5.13. The summed E-state index contributed by atoms with van der Waals surface area (Å²) in [6, 6.07) is 11.0. The van der Waals surface area contributed by atoms with Crippen molar-refractivity contribution >= 4 is 11.7 Å². The van der Waals surface area contributed by atoms with E-state index in [0.717, 1.165) is 49.4 Å². The molecule has 2 heterocycles. The number of hydrogen-bond acceptors (Lipinski definition) is 3. The minimum absolute atomic E-state index is 0.0660. The van der Waals surface area contributed by atoms with Crippen LogP contribution in [0.25, 0.3) is 0 Å². The Balaban J connectivity index is 1.46. The molecule has 0 saturated carbocycles. The number of nitrogens with one attached hydrogen (secondary N) is 1. The van der Waals surface area contributed by atoms with Crippen LogP contribution in [0, 0.1) is 0 Å². The molecule has 2 aromatic rings. The summed E-state index contributed by atoms with van der Waals surface area (Å²) >= 11 is 0. The van der Waals surface area contributed by atoms with Crippen LogP contribution in [0.5, 0.6) is 0 Å². The zero-order valence-corrected chi connectivity index (χ0v) is 15.7. The first-order chi connectivity index (χ1) is 13.3. The number of pyridine rings is 1. The Hall–Kier alpha value is -2.57. The van der Waals surface area contributed by atoms with Gasteiger partial charge in [-0.15, -0.1) is 0 Å². The molecule has 7 heteroatoms. The third kappa shape index (κ3) is 5.24. The van der Waals surface area contributed by atoms with Gasteiger partial charge in [-0.2, -0.15) is 13.2 Å². The van der Waals surface area contributed by atoms with Gasteiger partial charge in [-0.05, 0) is 48.6 Å². The number of carbonyl (C=O) groups is 1. The summed E-state index contributed by atoms with van der Waals surface area (Å²) in [5, 5.41) is 3.06. The van der Waals surface area contributed by atoms with Crippen molar-refractivity contribution in [2.45, 2.75) is 44.3 Å². The predicted molar refractivity (Wildman–Crippen MR) is 102 cm³/mol. The summed E-state index contributed by atoms with van der Waals surface area (Å²) < 4.78 is 38.0. The summed E-state index contributed by atoms with van der Waals surface area (Å²) in [4.78, 5) is 18.9. The van der Waals surface area contributed by atoms with Crippen LogP contribution >= 0.6 is 0 Å². The van der Waals surface area contributed by atoms with Crippen molar-refractivity contribution in [3.05, 3.63) is 59.8 Å². The number of benzene rings is 1. The zero-order chi connectivity index (χ0) is 20.1. The first-order valence-electron chi connectivity index (χ1n) is 9.45. The first-order valence-corrected chi connectivity index (χ1v) is 9.45. The second-order valence-corrected chi connectivity index (χ2v) is 7.24. The highest BCUT2D eigenvalue weighted by molar-refractivity contribution is 5.77. The number of rotatable bonds is 5. The molecule has 150 valence electrons. The summed E-state index contributed by atoms with van der Waals surface area (Å²) in [6.07, 6.45) is -0.630. The minimum atomic E-state index is -4.34. The molecule has 0 radical (unpaired) electrons. The minimum Gasteiger partial charge on any atom is -0.356 e. The van der Waals surface area contributed by atoms with Crippen LogP contribution in [0.1, 0.15) is 43.2 Å². The molecule has 3 rings (SSSR count). The molecule has 1 aliphatic rings. The molecule has 1 fully saturated rings. The normalized spacial score (nSPS) is 16.6. The Bertz CT molecular complexity index is 770. The van der Waals surface area contributed by atoms with Gasteiger partial charge in [0.05, 0.1) is 5.56 Å². The monoisotopic (exact) mass is 391 g/mol. The lowest BCUT2D eigenvalue weighted by Gasteiger charge is -2.33. The van der Waals surface area contributed by atoms with E-state index < -0.39 is 11.7 Å². The molecule has 1 saturated heterocycles. The molecule has 1 aromatic heterocycles. The molecule has 1 N–H and O–H groups in total. The molecule has 1 aromatic carbocycles. The standard InChI is InChI=1S/C21H24F3N3O/c1-15(16-5-7-17(8-6-16)21(22,23)24)14-20(28)26-18-9-12-27(13-10-18)19-4-2-3-11-25-19/h2-8,11,15,18H,9-10,12-14H2,1H3,(H,26,28). The van der Waals surface area contributed by atoms with Crippen molar-refractivity contribution in [1.82, 2.24) is 10.3 Å². The van der Waals surface area contributed by atoms with Crippen LogP contribution in [0.2, 0.25) is 0 Å². The van der Waals surface area contributed by atoms with Crippen molar-refractivity contribution in [3.63, 3.8) is 0 Å². The molecule has 4 nitrogen and oxygen atoms in total. The smallest absolute Gasteiger partial charge is 0.356 e. The Kier molecular flexibility index (Phi) is 6.21. The van der Waals surface area contributed by atoms with Gasteiger partial charge >= 0.3 is 6.18 Å². The average molecular weight is 391 g/mol. The molecule has 28 heavy (non-hydrogen) atoms. The lowest BCUT2D eigenvalue weighted by molar-refractivity contribution is -0.137. The quantitative estimate of drug-likeness (QED) is 0.823. The highest BCUT2D eigenvalue weighted by Crippen LogP contribution is 2.30. The van der Waals surface area contributed by atoms with Gasteiger partial charge in [0.2, 0.25) is 5.91 Å². The van der Waals surface area contributed by atoms with Gasteiger partial charge in [0, 0.05) is 31.7 Å². The van der Waals surface area contributed by atoms with Crippen molar-refractivity contribution in [2.75, 3.05) is 18.0 Å². The van der Waals surface area contributed by atoms with Gasteiger partial charge in [0.15, 0.2) is 0 Å². The van der Waals surface area contributed by atoms with Gasteiger partial charge in [-0.3, -0.25) is 4.79 Å². The van der Waals surface area contributed by atoms with Crippen molar-refractivity contribution < 1.29 is 18.0 Å². The lowest BCUT2D eigenvalue weighted by atomic mass is 9.95. The molecule has 1 unspecified atom stereocenters. The van der Waals surface area contributed by atoms with E-state index in [1.807, 2.05) is 25.1 Å². The number of halogens is 3. The fourth-order valence-corrected chi connectivity index (χ4v) is 3.48. The number of nitrogens with zero attached hydrogens (tertiary/aromatic N) is 2. The Morgan fingerprint density at radius 1 is 1.18 bits per heavy atom. The van der Waals surface area contributed by atoms with E-state index in [2.05, 4.69) is 15.2 Å². The van der Waals surface area contributed by atoms with Gasteiger partial charge < -0.3 is 10.2 Å². The van der Waals surface area contributed by atoms with E-state index in [1.165, 1.54) is 12.1 Å². The summed E-state index contributed by atoms with van der Waals surface area (Å²) in [5.41, 5.74) is 0.0562. The van der Waals surface area contributed by atoms with Crippen LogP contribution in [-0.2, 0) is 11.0 Å². The summed E-state index contributed by atoms with van der Waals surface area (Å²) in [6.45, 7) is 3.51. The van der Waals surface area contributed by atoms with Crippen LogP contribution in [0.4, 0.5) is 19.0 Å². The largest absolute Gasteiger partial charge is 0.416 e. The maximum atomic E-state index is 12.7. The van der Waals surface area contributed by atoms with E-state index >= 15 is 0 Å². The van der Waals surface area contributed by atoms with E-state index in [4.69, 9.17) is 0 Å². The number of aromatic nitrogens is 1. The third-order valence-electron chi connectivity index (χ3n) is 5.13. The number of piperidine rings is 1. The highest BCUT2D eigenvalue weighted by Gasteiger charge is 2.30. The Morgan fingerprint density at radius 2 is 1.86 bits per heavy atom. The maximum absolute atomic E-state index is 12.7. The van der Waals surface area contributed by atoms with Gasteiger partial charge in [0.25, 0.3) is 0 Å². The Morgan fingerprint density at radius 3 is 2.43 bits per heavy atom. The van der Waals surface area contributed by atoms with E-state index in [0.29, 0.717) is 0 Å². The van der Waals surface area contributed by atoms with Crippen molar-refractivity contribution in [1.29, 1.82) is 0 Å². The van der Waals surface area contributed by atoms with E-state index in [9.17, 15) is 18.0 Å². The number of carbonyl (C=O) groups excluding carboxylic acids is 1. The molecule has 0 aliphatic carbocycles. The average Bonchev–Trinajstić information content (AvgIpc) is 2.68. The molecule has 0 spiro atoms. The van der Waals surface area contributed by atoms with Crippen LogP contribution < -0.4 is 10.2 Å². The van der Waals surface area contributed by atoms with E-state index in [-0.39, 0.29) is 24.3 Å². The summed E-state index contributed by atoms with van der Waals surface area (Å²) in [5.74, 6) is 0.739. The molecule has 1 atom stereocenters. The topological polar surface area (TPSA) is 45.2 Å². The number of hydrogen-bond donors (Lipinski definition) is 1. The second kappa shape index (κ2) is 8.63. The van der Waals surface area contributed by atoms with Gasteiger partial charge in [-0.1, -0.05) is 25.1 Å². The van der Waals surface area contributed by atoms with Gasteiger partial charge in [-0.25, -0.2) is 4.98 Å². The fraction of sp³-hybridized carbons (Fsp3) is 0.429. The number of alkyl halides is 3. The molecular weight excluding hydrogens is 367 g/mol. The lowest BCUT2D eigenvalue weighted by Crippen LogP contribution is -2.45. The Labute approximate surface area is 162 Å².